The number of carbonyl (C=O) groups is 1. The number of aromatic nitrogens is 1. The molecule has 1 aromatic rings. The zero-order valence-electron chi connectivity index (χ0n) is 14.2. The standard InChI is InChI=1S/C16H20N4O4S/c1-3-19-4-5-20(14-9-25(23,24)8-13(14)19)16(22)12-7-18-15(21)11(6-17)10(12)2/h7,13-14H,3-5,8-9H2,1-2H3,(H,18,21)/t13-,14+/m1/s1. The molecule has 25 heavy (non-hydrogen) atoms. The van der Waals surface area contributed by atoms with Crippen LogP contribution in [0.15, 0.2) is 11.0 Å². The number of nitrogens with zero attached hydrogens (tertiary/aromatic N) is 3. The van der Waals surface area contributed by atoms with Crippen molar-refractivity contribution < 1.29 is 13.2 Å². The number of H-pyrrole nitrogens is 1. The first-order valence-electron chi connectivity index (χ1n) is 8.17. The molecule has 8 nitrogen and oxygen atoms in total. The Kier molecular flexibility index (Phi) is 4.43. The third-order valence-electron chi connectivity index (χ3n) is 5.15. The summed E-state index contributed by atoms with van der Waals surface area (Å²) in [7, 11) is -3.20. The van der Waals surface area contributed by atoms with Gasteiger partial charge in [0.25, 0.3) is 11.5 Å². The number of piperazine rings is 1. The number of hydrogen-bond acceptors (Lipinski definition) is 6. The Morgan fingerprint density at radius 3 is 2.68 bits per heavy atom. The first-order chi connectivity index (χ1) is 11.8. The van der Waals surface area contributed by atoms with Gasteiger partial charge in [0.1, 0.15) is 11.6 Å². The molecule has 2 aliphatic heterocycles. The third-order valence-corrected chi connectivity index (χ3v) is 6.85. The highest BCUT2D eigenvalue weighted by atomic mass is 32.2. The van der Waals surface area contributed by atoms with E-state index in [-0.39, 0.29) is 34.6 Å². The number of nitrogens with one attached hydrogen (secondary N) is 1. The zero-order valence-corrected chi connectivity index (χ0v) is 15.0. The summed E-state index contributed by atoms with van der Waals surface area (Å²) in [5.74, 6) is -0.329. The minimum atomic E-state index is -3.20. The van der Waals surface area contributed by atoms with Crippen LogP contribution >= 0.6 is 0 Å². The van der Waals surface area contributed by atoms with E-state index in [9.17, 15) is 18.0 Å². The lowest BCUT2D eigenvalue weighted by Crippen LogP contribution is -2.60. The molecule has 2 atom stereocenters. The number of aromatic amines is 1. The second-order valence-electron chi connectivity index (χ2n) is 6.48. The fourth-order valence-corrected chi connectivity index (χ4v) is 5.82. The van der Waals surface area contributed by atoms with E-state index in [0.717, 1.165) is 6.54 Å². The van der Waals surface area contributed by atoms with Gasteiger partial charge in [-0.3, -0.25) is 14.5 Å². The highest BCUT2D eigenvalue weighted by Crippen LogP contribution is 2.28. The van der Waals surface area contributed by atoms with Crippen molar-refractivity contribution in [2.24, 2.45) is 0 Å². The van der Waals surface area contributed by atoms with Gasteiger partial charge in [-0.1, -0.05) is 6.92 Å². The maximum absolute atomic E-state index is 13.0. The van der Waals surface area contributed by atoms with Crippen molar-refractivity contribution in [3.63, 3.8) is 0 Å². The molecule has 0 saturated carbocycles. The molecule has 3 rings (SSSR count). The van der Waals surface area contributed by atoms with Gasteiger partial charge in [0, 0.05) is 25.3 Å². The van der Waals surface area contributed by atoms with Crippen LogP contribution in [0.5, 0.6) is 0 Å². The monoisotopic (exact) mass is 364 g/mol. The van der Waals surface area contributed by atoms with Gasteiger partial charge >= 0.3 is 0 Å². The van der Waals surface area contributed by atoms with E-state index < -0.39 is 21.4 Å². The molecule has 0 bridgehead atoms. The Morgan fingerprint density at radius 2 is 2.04 bits per heavy atom. The van der Waals surface area contributed by atoms with Gasteiger partial charge in [0.15, 0.2) is 9.84 Å². The summed E-state index contributed by atoms with van der Waals surface area (Å²) >= 11 is 0. The van der Waals surface area contributed by atoms with Crippen LogP contribution in [-0.4, -0.2) is 72.3 Å². The van der Waals surface area contributed by atoms with Gasteiger partial charge in [0.05, 0.1) is 23.1 Å². The maximum atomic E-state index is 13.0. The number of carbonyl (C=O) groups excluding carboxylic acids is 1. The number of likely N-dealkylation sites (N-methyl/N-ethyl adjacent to an activating group) is 1. The predicted molar refractivity (Wildman–Crippen MR) is 91.0 cm³/mol. The minimum absolute atomic E-state index is 0.0482. The Hall–Kier alpha value is -2.18. The third kappa shape index (κ3) is 2.96. The van der Waals surface area contributed by atoms with Crippen molar-refractivity contribution in [1.29, 1.82) is 5.26 Å². The molecule has 0 aromatic carbocycles. The second kappa shape index (κ2) is 6.28. The Bertz CT molecular complexity index is 915. The van der Waals surface area contributed by atoms with Crippen LogP contribution < -0.4 is 5.56 Å². The fourth-order valence-electron chi connectivity index (χ4n) is 3.80. The van der Waals surface area contributed by atoms with E-state index in [1.807, 2.05) is 13.0 Å². The molecule has 0 aliphatic carbocycles. The van der Waals surface area contributed by atoms with E-state index in [1.54, 1.807) is 11.8 Å². The van der Waals surface area contributed by atoms with Gasteiger partial charge in [-0.05, 0) is 19.0 Å². The summed E-state index contributed by atoms with van der Waals surface area (Å²) in [6.45, 7) is 5.29. The molecule has 3 heterocycles. The van der Waals surface area contributed by atoms with Crippen LogP contribution in [0.25, 0.3) is 0 Å². The molecular weight excluding hydrogens is 344 g/mol. The summed E-state index contributed by atoms with van der Waals surface area (Å²) in [4.78, 5) is 30.8. The topological polar surface area (TPSA) is 114 Å². The van der Waals surface area contributed by atoms with Gasteiger partial charge in [-0.25, -0.2) is 8.42 Å². The van der Waals surface area contributed by atoms with Gasteiger partial charge in [-0.15, -0.1) is 0 Å². The van der Waals surface area contributed by atoms with Crippen LogP contribution in [-0.2, 0) is 9.84 Å². The molecule has 1 amide bonds. The number of sulfone groups is 1. The maximum Gasteiger partial charge on any atom is 0.266 e. The summed E-state index contributed by atoms with van der Waals surface area (Å²) in [6.07, 6.45) is 1.31. The Morgan fingerprint density at radius 1 is 1.36 bits per heavy atom. The van der Waals surface area contributed by atoms with Crippen molar-refractivity contribution in [1.82, 2.24) is 14.8 Å². The number of pyridine rings is 1. The SMILES string of the molecule is CCN1CCN(C(=O)c2c[nH]c(=O)c(C#N)c2C)[C@H]2CS(=O)(=O)C[C@H]21. The molecule has 2 aliphatic rings. The quantitative estimate of drug-likeness (QED) is 0.756. The van der Waals surface area contributed by atoms with Crippen LogP contribution in [0, 0.1) is 18.3 Å². The van der Waals surface area contributed by atoms with Crippen molar-refractivity contribution in [2.45, 2.75) is 25.9 Å². The van der Waals surface area contributed by atoms with Crippen molar-refractivity contribution in [2.75, 3.05) is 31.1 Å². The van der Waals surface area contributed by atoms with Crippen LogP contribution in [0.4, 0.5) is 0 Å². The number of rotatable bonds is 2. The highest BCUT2D eigenvalue weighted by Gasteiger charge is 2.47. The van der Waals surface area contributed by atoms with E-state index in [4.69, 9.17) is 5.26 Å². The fraction of sp³-hybridized carbons (Fsp3) is 0.562. The number of fused-ring (bicyclic) bond motifs is 1. The van der Waals surface area contributed by atoms with E-state index in [2.05, 4.69) is 9.88 Å². The molecule has 2 fully saturated rings. The zero-order chi connectivity index (χ0) is 18.4. The lowest BCUT2D eigenvalue weighted by molar-refractivity contribution is 0.0348. The molecule has 1 N–H and O–H groups in total. The van der Waals surface area contributed by atoms with Crippen LogP contribution in [0.3, 0.4) is 0 Å². The van der Waals surface area contributed by atoms with Crippen LogP contribution in [0.1, 0.15) is 28.4 Å². The Balaban J connectivity index is 1.98. The number of hydrogen-bond donors (Lipinski definition) is 1. The molecule has 1 aromatic heterocycles. The van der Waals surface area contributed by atoms with E-state index in [0.29, 0.717) is 18.7 Å². The van der Waals surface area contributed by atoms with Gasteiger partial charge in [-0.2, -0.15) is 5.26 Å². The minimum Gasteiger partial charge on any atom is -0.332 e. The summed E-state index contributed by atoms with van der Waals surface area (Å²) in [5, 5.41) is 9.12. The second-order valence-corrected chi connectivity index (χ2v) is 8.64. The molecule has 0 radical (unpaired) electrons. The molecular formula is C16H20N4O4S. The molecule has 0 spiro atoms. The number of amides is 1. The summed E-state index contributed by atoms with van der Waals surface area (Å²) < 4.78 is 24.2. The predicted octanol–water partition coefficient (Wildman–Crippen LogP) is -0.502. The van der Waals surface area contributed by atoms with Crippen molar-refractivity contribution >= 4 is 15.7 Å². The average molecular weight is 364 g/mol. The molecule has 134 valence electrons. The molecule has 9 heteroatoms. The normalized spacial score (nSPS) is 25.4. The average Bonchev–Trinajstić information content (AvgIpc) is 2.88. The largest absolute Gasteiger partial charge is 0.332 e. The van der Waals surface area contributed by atoms with E-state index in [1.165, 1.54) is 6.20 Å². The first-order valence-corrected chi connectivity index (χ1v) is 9.99. The van der Waals surface area contributed by atoms with Gasteiger partial charge < -0.3 is 9.88 Å². The number of nitriles is 1. The summed E-state index contributed by atoms with van der Waals surface area (Å²) in [5.41, 5.74) is -0.0574. The lowest BCUT2D eigenvalue weighted by Gasteiger charge is -2.43. The molecule has 2 saturated heterocycles. The van der Waals surface area contributed by atoms with Crippen molar-refractivity contribution in [3.05, 3.63) is 33.2 Å². The van der Waals surface area contributed by atoms with E-state index >= 15 is 0 Å². The Labute approximate surface area is 146 Å². The first kappa shape index (κ1) is 17.6. The van der Waals surface area contributed by atoms with Crippen LogP contribution in [0.2, 0.25) is 0 Å². The van der Waals surface area contributed by atoms with Crippen molar-refractivity contribution in [3.8, 4) is 6.07 Å². The molecule has 0 unspecified atom stereocenters. The lowest BCUT2D eigenvalue weighted by atomic mass is 10.0. The highest BCUT2D eigenvalue weighted by molar-refractivity contribution is 7.91. The van der Waals surface area contributed by atoms with Gasteiger partial charge in [0.2, 0.25) is 0 Å². The summed E-state index contributed by atoms with van der Waals surface area (Å²) in [6, 6.07) is 1.22. The smallest absolute Gasteiger partial charge is 0.266 e.